The minimum Gasteiger partial charge on any atom is -0.463 e. The zero-order valence-electron chi connectivity index (χ0n) is 71.6. The van der Waals surface area contributed by atoms with E-state index in [-0.39, 0.29) is 25.4 Å². The van der Waals surface area contributed by atoms with E-state index in [1.807, 2.05) is 0 Å². The van der Waals surface area contributed by atoms with Crippen LogP contribution in [0.1, 0.15) is 121 Å². The topological polar surface area (TPSA) is 657 Å². The molecule has 0 bridgehead atoms. The molecule has 0 spiro atoms. The van der Waals surface area contributed by atoms with Gasteiger partial charge < -0.3 is 149 Å². The van der Waals surface area contributed by atoms with E-state index in [1.165, 1.54) is 20.8 Å². The lowest BCUT2D eigenvalue weighted by Crippen LogP contribution is -2.67. The monoisotopic (exact) mass is 1840 g/mol. The highest BCUT2D eigenvalue weighted by Crippen LogP contribution is 2.32. The molecule has 0 saturated carbocycles. The molecule has 10 rings (SSSR count). The van der Waals surface area contributed by atoms with Gasteiger partial charge in [-0.3, -0.25) is 71.9 Å². The second kappa shape index (κ2) is 52.3. The molecule has 45 nitrogen and oxygen atoms in total. The molecule has 10 unspecified atom stereocenters. The number of hydrogen-bond donors (Lipinski definition) is 15. The standard InChI is InChI=1S/C21H25NO10.C19H23NO9.C17H21NO8.C15H19NO7.C13H17NO6/c1-11(23)28-10-16-18(29-12(2)24)19(30-13(3)25)17(21(32-16)31-14(4)26)22-20(27)15-8-6-5-7-9-15;1-10(21)26-9-14-16(27-11(2)22)17(28-12(3)23)15(19(25)29-14)20-18(24)13-7-5-4-6-8-13;1-9(20)24-14-12(8-19)26-17(23)13(15(14)25-10(2)21)18-16(22)11-6-4-3-5-7-11;1-8(17)22-7-10-12(18)13(19)11(15(21)23-10)16-14(20)9-5-3-2-4-6-9;15-6-8-10(16)11(17)9(13(19)20-8)14-12(18)7-4-2-1-3-5-7/h5-9,16-19,21H,10H2,1-4H3,(H,22,27);4-8,14-17,19,25H,9H2,1-3H3,(H,20,24);3-7,12-15,17,19,23H,8H2,1-2H3,(H,18,22);2-6,10-13,15,18-19,21H,7H2,1H3,(H,16,20);1-5,8-11,13,15-17,19H,6H2,(H,14,18)/t16?,17-,18+,19+,21?;14?,15-,16+,17+,19?;12?,13-,14+,15+,17?;10?,11-,12+,13+,15?;8?,9-,10+,11+,13?/m00000/s1. The smallest absolute Gasteiger partial charge is 0.305 e. The van der Waals surface area contributed by atoms with Crippen LogP contribution in [0.5, 0.6) is 0 Å². The van der Waals surface area contributed by atoms with Crippen LogP contribution in [0, 0.1) is 0 Å². The van der Waals surface area contributed by atoms with Gasteiger partial charge in [0.15, 0.2) is 61.8 Å². The number of esters is 10. The van der Waals surface area contributed by atoms with E-state index in [4.69, 9.17) is 76.2 Å². The second-order valence-electron chi connectivity index (χ2n) is 28.9. The molecule has 5 heterocycles. The van der Waals surface area contributed by atoms with Gasteiger partial charge in [0.05, 0.1) is 13.2 Å². The number of carbonyl (C=O) groups is 15. The van der Waals surface area contributed by atoms with Crippen LogP contribution in [-0.2, 0) is 119 Å². The third-order valence-electron chi connectivity index (χ3n) is 18.9. The number of aliphatic hydroxyl groups is 10. The minimum absolute atomic E-state index is 0.279. The highest BCUT2D eigenvalue weighted by Gasteiger charge is 2.55. The molecule has 5 amide bonds. The number of benzene rings is 5. The third-order valence-corrected chi connectivity index (χ3v) is 18.9. The summed E-state index contributed by atoms with van der Waals surface area (Å²) in [7, 11) is 0. The van der Waals surface area contributed by atoms with Crippen molar-refractivity contribution in [2.24, 2.45) is 0 Å². The molecule has 5 aromatic rings. The summed E-state index contributed by atoms with van der Waals surface area (Å²) in [4.78, 5) is 176. The van der Waals surface area contributed by atoms with Gasteiger partial charge in [0, 0.05) is 97.1 Å². The first-order valence-electron chi connectivity index (χ1n) is 39.9. The van der Waals surface area contributed by atoms with Crippen molar-refractivity contribution in [3.63, 3.8) is 0 Å². The summed E-state index contributed by atoms with van der Waals surface area (Å²) in [6.07, 6.45) is -26.6. The fraction of sp³-hybridized carbons (Fsp3) is 0.471. The Morgan fingerprint density at radius 3 is 0.746 bits per heavy atom. The number of amides is 5. The molecule has 45 heteroatoms. The number of hydrogen-bond acceptors (Lipinski definition) is 40. The van der Waals surface area contributed by atoms with E-state index in [2.05, 4.69) is 26.6 Å². The van der Waals surface area contributed by atoms with Crippen LogP contribution in [0.4, 0.5) is 0 Å². The molecule has 5 fully saturated rings. The fourth-order valence-corrected chi connectivity index (χ4v) is 13.1. The molecule has 5 aliphatic heterocycles. The van der Waals surface area contributed by atoms with Crippen molar-refractivity contribution in [1.29, 1.82) is 0 Å². The molecular formula is C85H105N5O40. The van der Waals surface area contributed by atoms with E-state index in [0.29, 0.717) is 22.3 Å². The first kappa shape index (κ1) is 106. The molecule has 15 N–H and O–H groups in total. The lowest BCUT2D eigenvalue weighted by molar-refractivity contribution is -0.270. The van der Waals surface area contributed by atoms with Gasteiger partial charge in [-0.15, -0.1) is 0 Å². The summed E-state index contributed by atoms with van der Waals surface area (Å²) in [5, 5.41) is 111. The summed E-state index contributed by atoms with van der Waals surface area (Å²) in [5.41, 5.74) is 1.58. The van der Waals surface area contributed by atoms with Gasteiger partial charge in [-0.25, -0.2) is 0 Å². The fourth-order valence-electron chi connectivity index (χ4n) is 13.1. The minimum atomic E-state index is -1.63. The van der Waals surface area contributed by atoms with E-state index in [1.54, 1.807) is 152 Å². The summed E-state index contributed by atoms with van der Waals surface area (Å²) < 4.78 is 77.6. The van der Waals surface area contributed by atoms with Crippen molar-refractivity contribution in [1.82, 2.24) is 26.6 Å². The van der Waals surface area contributed by atoms with Crippen molar-refractivity contribution in [2.75, 3.05) is 33.0 Å². The predicted octanol–water partition coefficient (Wildman–Crippen LogP) is -3.21. The van der Waals surface area contributed by atoms with Crippen molar-refractivity contribution in [3.05, 3.63) is 179 Å². The van der Waals surface area contributed by atoms with Crippen molar-refractivity contribution < 1.29 is 194 Å². The Labute approximate surface area is 742 Å². The Balaban J connectivity index is 0.000000252. The number of rotatable bonds is 25. The van der Waals surface area contributed by atoms with Crippen LogP contribution < -0.4 is 26.6 Å². The predicted molar refractivity (Wildman–Crippen MR) is 434 cm³/mol. The van der Waals surface area contributed by atoms with E-state index in [9.17, 15) is 118 Å². The third kappa shape index (κ3) is 32.9. The molecule has 710 valence electrons. The Hall–Kier alpha value is -12.4. The SMILES string of the molecule is CC(=O)OCC1OC(O)[C@@H](NC(=O)c2ccccc2)[C@@H](O)[C@@H]1O.CC(=O)OCC1OC(O)[C@@H](NC(=O)c2ccccc2)[C@@H](OC(C)=O)[C@@H]1OC(C)=O.CC(=O)OCC1OC(OC(C)=O)[C@@H](NC(=O)c2ccccc2)[C@@H](OC(C)=O)[C@@H]1OC(C)=O.CC(=O)O[C@@H]1[C@H](NC(=O)c2ccccc2)C(O)OC(CO)[C@H]1OC(C)=O.O=C(N[C@@H]1C(O)OC(CO)[C@@H](O)[C@@H]1O)c1ccccc1. The van der Waals surface area contributed by atoms with E-state index in [0.717, 1.165) is 48.5 Å². The van der Waals surface area contributed by atoms with Crippen LogP contribution in [-0.4, -0.2) is 327 Å². The average Bonchev–Trinajstić information content (AvgIpc) is 0.785. The number of ether oxygens (including phenoxy) is 15. The Morgan fingerprint density at radius 2 is 0.462 bits per heavy atom. The lowest BCUT2D eigenvalue weighted by Gasteiger charge is -2.44. The number of nitrogens with one attached hydrogen (secondary N) is 5. The summed E-state index contributed by atoms with van der Waals surface area (Å²) in [6.45, 7) is 9.24. The molecule has 0 aromatic heterocycles. The summed E-state index contributed by atoms with van der Waals surface area (Å²) in [6, 6.07) is 34.8. The van der Waals surface area contributed by atoms with Gasteiger partial charge >= 0.3 is 59.7 Å². The van der Waals surface area contributed by atoms with Crippen molar-refractivity contribution in [3.8, 4) is 0 Å². The molecule has 5 aliphatic rings. The van der Waals surface area contributed by atoms with Crippen LogP contribution in [0.15, 0.2) is 152 Å². The molecule has 0 aliphatic carbocycles. The maximum Gasteiger partial charge on any atom is 0.305 e. The molecule has 130 heavy (non-hydrogen) atoms. The molecular weight excluding hydrogens is 1730 g/mol. The highest BCUT2D eigenvalue weighted by atomic mass is 16.7. The van der Waals surface area contributed by atoms with Gasteiger partial charge in [0.25, 0.3) is 29.5 Å². The molecule has 5 saturated heterocycles. The average molecular weight is 1840 g/mol. The molecule has 0 radical (unpaired) electrons. The van der Waals surface area contributed by atoms with Crippen LogP contribution in [0.25, 0.3) is 0 Å². The Bertz CT molecular complexity index is 4560. The zero-order valence-corrected chi connectivity index (χ0v) is 71.6. The molecule has 5 aromatic carbocycles. The number of carbonyl (C=O) groups excluding carboxylic acids is 15. The van der Waals surface area contributed by atoms with Crippen LogP contribution in [0.3, 0.4) is 0 Å². The van der Waals surface area contributed by atoms with Gasteiger partial charge in [-0.1, -0.05) is 91.0 Å². The maximum atomic E-state index is 12.8. The maximum absolute atomic E-state index is 12.8. The quantitative estimate of drug-likeness (QED) is 0.0202. The van der Waals surface area contributed by atoms with Gasteiger partial charge in [-0.2, -0.15) is 0 Å². The summed E-state index contributed by atoms with van der Waals surface area (Å²) in [5.74, 6) is -9.62. The first-order chi connectivity index (χ1) is 61.5. The van der Waals surface area contributed by atoms with Crippen LogP contribution >= 0.6 is 0 Å². The van der Waals surface area contributed by atoms with Gasteiger partial charge in [-0.05, 0) is 60.7 Å². The van der Waals surface area contributed by atoms with Gasteiger partial charge in [0.2, 0.25) is 6.29 Å². The largest absolute Gasteiger partial charge is 0.463 e. The van der Waals surface area contributed by atoms with Crippen molar-refractivity contribution >= 4 is 89.2 Å². The highest BCUT2D eigenvalue weighted by molar-refractivity contribution is 5.97. The van der Waals surface area contributed by atoms with E-state index >= 15 is 0 Å². The van der Waals surface area contributed by atoms with Crippen LogP contribution in [0.2, 0.25) is 0 Å². The second-order valence-corrected chi connectivity index (χ2v) is 28.9. The van der Waals surface area contributed by atoms with Crippen molar-refractivity contribution in [2.45, 2.75) is 222 Å². The lowest BCUT2D eigenvalue weighted by atomic mass is 9.95. The molecule has 25 atom stereocenters. The van der Waals surface area contributed by atoms with E-state index < -0.39 is 256 Å². The van der Waals surface area contributed by atoms with Gasteiger partial charge in [0.1, 0.15) is 105 Å². The Morgan fingerprint density at radius 1 is 0.246 bits per heavy atom. The normalized spacial score (nSPS) is 28.1. The zero-order chi connectivity index (χ0) is 96.3. The first-order valence-corrected chi connectivity index (χ1v) is 39.9. The Kier molecular flexibility index (Phi) is 42.7. The number of aliphatic hydroxyl groups excluding tert-OH is 10. The summed E-state index contributed by atoms with van der Waals surface area (Å²) >= 11 is 0.